The van der Waals surface area contributed by atoms with Crippen LogP contribution in [0.25, 0.3) is 16.9 Å². The zero-order valence-corrected chi connectivity index (χ0v) is 17.0. The van der Waals surface area contributed by atoms with E-state index in [1.54, 1.807) is 0 Å². The van der Waals surface area contributed by atoms with Gasteiger partial charge >= 0.3 is 0 Å². The van der Waals surface area contributed by atoms with Gasteiger partial charge in [0, 0.05) is 28.6 Å². The smallest absolute Gasteiger partial charge is 0.139 e. The average Bonchev–Trinajstić information content (AvgIpc) is 3.14. The Labute approximate surface area is 174 Å². The Balaban J connectivity index is 1.58. The molecule has 0 atom stereocenters. The molecule has 28 heavy (non-hydrogen) atoms. The fourth-order valence-electron chi connectivity index (χ4n) is 4.18. The highest BCUT2D eigenvalue weighted by atomic mass is 35.5. The number of benzene rings is 2. The van der Waals surface area contributed by atoms with Gasteiger partial charge in [-0.3, -0.25) is 0 Å². The molecule has 5 rings (SSSR count). The molecule has 0 saturated carbocycles. The van der Waals surface area contributed by atoms with E-state index in [9.17, 15) is 0 Å². The van der Waals surface area contributed by atoms with Gasteiger partial charge in [0.15, 0.2) is 0 Å². The first-order valence-corrected chi connectivity index (χ1v) is 10.6. The van der Waals surface area contributed by atoms with E-state index in [4.69, 9.17) is 28.3 Å². The van der Waals surface area contributed by atoms with Crippen molar-refractivity contribution in [3.8, 4) is 11.3 Å². The molecular weight excluding hydrogens is 389 g/mol. The SMILES string of the molecule is Clc1ccc(CCc2nn3c(-c4ccccc4Cl)cc4c3n2CCCC4)cc1. The molecule has 2 aromatic heterocycles. The largest absolute Gasteiger partial charge is 0.313 e. The van der Waals surface area contributed by atoms with Crippen LogP contribution < -0.4 is 0 Å². The van der Waals surface area contributed by atoms with E-state index >= 15 is 0 Å². The molecule has 5 heteroatoms. The second-order valence-corrected chi connectivity index (χ2v) is 8.27. The number of hydrogen-bond acceptors (Lipinski definition) is 1. The Kier molecular flexibility index (Phi) is 4.65. The van der Waals surface area contributed by atoms with Gasteiger partial charge in [0.25, 0.3) is 0 Å². The second kappa shape index (κ2) is 7.31. The zero-order valence-electron chi connectivity index (χ0n) is 15.5. The van der Waals surface area contributed by atoms with E-state index in [1.807, 2.05) is 30.3 Å². The van der Waals surface area contributed by atoms with E-state index in [0.29, 0.717) is 0 Å². The number of halogens is 2. The Morgan fingerprint density at radius 1 is 0.929 bits per heavy atom. The molecule has 3 heterocycles. The Morgan fingerprint density at radius 2 is 1.75 bits per heavy atom. The zero-order chi connectivity index (χ0) is 19.1. The van der Waals surface area contributed by atoms with Crippen molar-refractivity contribution >= 4 is 28.8 Å². The van der Waals surface area contributed by atoms with Crippen LogP contribution in [0.1, 0.15) is 29.8 Å². The van der Waals surface area contributed by atoms with Crippen LogP contribution >= 0.6 is 23.2 Å². The fourth-order valence-corrected chi connectivity index (χ4v) is 4.54. The van der Waals surface area contributed by atoms with Gasteiger partial charge < -0.3 is 4.57 Å². The molecule has 0 N–H and O–H groups in total. The number of nitrogens with zero attached hydrogens (tertiary/aromatic N) is 3. The minimum absolute atomic E-state index is 0.766. The van der Waals surface area contributed by atoms with Crippen LogP contribution in [0.4, 0.5) is 0 Å². The van der Waals surface area contributed by atoms with Gasteiger partial charge in [-0.2, -0.15) is 5.10 Å². The molecule has 0 bridgehead atoms. The molecule has 0 radical (unpaired) electrons. The van der Waals surface area contributed by atoms with Crippen molar-refractivity contribution in [1.29, 1.82) is 0 Å². The molecule has 142 valence electrons. The predicted molar refractivity (Wildman–Crippen MR) is 115 cm³/mol. The van der Waals surface area contributed by atoms with Crippen molar-refractivity contribution in [1.82, 2.24) is 14.2 Å². The van der Waals surface area contributed by atoms with Crippen molar-refractivity contribution in [3.05, 3.63) is 81.6 Å². The van der Waals surface area contributed by atoms with Gasteiger partial charge in [0.2, 0.25) is 0 Å². The molecule has 0 saturated heterocycles. The number of aromatic nitrogens is 3. The molecule has 2 aromatic carbocycles. The molecule has 0 spiro atoms. The Morgan fingerprint density at radius 3 is 2.57 bits per heavy atom. The molecule has 0 unspecified atom stereocenters. The first-order chi connectivity index (χ1) is 13.7. The third-order valence-electron chi connectivity index (χ3n) is 5.59. The quantitative estimate of drug-likeness (QED) is 0.391. The molecule has 0 fully saturated rings. The van der Waals surface area contributed by atoms with Crippen LogP contribution in [0.2, 0.25) is 10.0 Å². The summed E-state index contributed by atoms with van der Waals surface area (Å²) in [5.74, 6) is 1.14. The third-order valence-corrected chi connectivity index (χ3v) is 6.17. The summed E-state index contributed by atoms with van der Waals surface area (Å²) in [5.41, 5.74) is 6.02. The summed E-state index contributed by atoms with van der Waals surface area (Å²) < 4.78 is 4.53. The topological polar surface area (TPSA) is 22.2 Å². The lowest BCUT2D eigenvalue weighted by molar-refractivity contribution is 0.612. The van der Waals surface area contributed by atoms with Crippen LogP contribution in [0, 0.1) is 0 Å². The van der Waals surface area contributed by atoms with Crippen LogP contribution in [0.15, 0.2) is 54.6 Å². The Bertz CT molecular complexity index is 1140. The normalized spacial score (nSPS) is 13.8. The molecule has 3 nitrogen and oxygen atoms in total. The van der Waals surface area contributed by atoms with Crippen LogP contribution in [0.5, 0.6) is 0 Å². The highest BCUT2D eigenvalue weighted by Crippen LogP contribution is 2.33. The lowest BCUT2D eigenvalue weighted by Crippen LogP contribution is -2.05. The maximum atomic E-state index is 6.50. The van der Waals surface area contributed by atoms with Gasteiger partial charge in [-0.1, -0.05) is 53.5 Å². The fraction of sp³-hybridized carbons (Fsp3) is 0.261. The van der Waals surface area contributed by atoms with E-state index in [-0.39, 0.29) is 0 Å². The van der Waals surface area contributed by atoms with Crippen molar-refractivity contribution in [2.24, 2.45) is 0 Å². The molecule has 0 amide bonds. The molecule has 0 aliphatic carbocycles. The summed E-state index contributed by atoms with van der Waals surface area (Å²) >= 11 is 12.5. The minimum Gasteiger partial charge on any atom is -0.313 e. The van der Waals surface area contributed by atoms with Crippen molar-refractivity contribution in [2.45, 2.75) is 38.6 Å². The summed E-state index contributed by atoms with van der Waals surface area (Å²) in [4.78, 5) is 0. The van der Waals surface area contributed by atoms with Crippen molar-refractivity contribution < 1.29 is 0 Å². The summed E-state index contributed by atoms with van der Waals surface area (Å²) in [5, 5.41) is 6.57. The first-order valence-electron chi connectivity index (χ1n) is 9.80. The molecular formula is C23H21Cl2N3. The minimum atomic E-state index is 0.766. The highest BCUT2D eigenvalue weighted by Gasteiger charge is 2.22. The Hall–Kier alpha value is -2.23. The van der Waals surface area contributed by atoms with Gasteiger partial charge in [0.05, 0.1) is 5.69 Å². The van der Waals surface area contributed by atoms with Gasteiger partial charge in [-0.25, -0.2) is 4.52 Å². The summed E-state index contributed by atoms with van der Waals surface area (Å²) in [7, 11) is 0. The third kappa shape index (κ3) is 3.13. The first kappa shape index (κ1) is 17.8. The highest BCUT2D eigenvalue weighted by molar-refractivity contribution is 6.33. The maximum Gasteiger partial charge on any atom is 0.139 e. The second-order valence-electron chi connectivity index (χ2n) is 7.42. The van der Waals surface area contributed by atoms with Gasteiger partial charge in [-0.15, -0.1) is 0 Å². The monoisotopic (exact) mass is 409 g/mol. The van der Waals surface area contributed by atoms with Crippen molar-refractivity contribution in [3.63, 3.8) is 0 Å². The lowest BCUT2D eigenvalue weighted by Gasteiger charge is -2.06. The van der Waals surface area contributed by atoms with E-state index < -0.39 is 0 Å². The van der Waals surface area contributed by atoms with Gasteiger partial charge in [-0.05, 0) is 61.1 Å². The number of rotatable bonds is 4. The van der Waals surface area contributed by atoms with Gasteiger partial charge in [0.1, 0.15) is 11.5 Å². The predicted octanol–water partition coefficient (Wildman–Crippen LogP) is 6.23. The standard InChI is InChI=1S/C23H21Cl2N3/c24-18-11-8-16(9-12-18)10-13-22-26-28-21(19-6-1-2-7-20(19)25)15-17-5-3-4-14-27(22)23(17)28/h1-2,6-9,11-12,15H,3-5,10,13-14H2. The molecule has 4 aromatic rings. The van der Waals surface area contributed by atoms with E-state index in [0.717, 1.165) is 52.9 Å². The summed E-state index contributed by atoms with van der Waals surface area (Å²) in [6.45, 7) is 1.03. The lowest BCUT2D eigenvalue weighted by atomic mass is 10.1. The van der Waals surface area contributed by atoms with Crippen LogP contribution in [-0.2, 0) is 25.8 Å². The van der Waals surface area contributed by atoms with Crippen LogP contribution in [-0.4, -0.2) is 14.2 Å². The molecule has 1 aliphatic heterocycles. The summed E-state index contributed by atoms with van der Waals surface area (Å²) in [6.07, 6.45) is 5.35. The number of hydrogen-bond donors (Lipinski definition) is 0. The summed E-state index contributed by atoms with van der Waals surface area (Å²) in [6, 6.07) is 18.4. The van der Waals surface area contributed by atoms with E-state index in [2.05, 4.69) is 33.3 Å². The van der Waals surface area contributed by atoms with E-state index in [1.165, 1.54) is 29.6 Å². The van der Waals surface area contributed by atoms with Crippen molar-refractivity contribution in [2.75, 3.05) is 0 Å². The maximum absolute atomic E-state index is 6.50. The van der Waals surface area contributed by atoms with Crippen LogP contribution in [0.3, 0.4) is 0 Å². The number of aryl methyl sites for hydroxylation is 4. The average molecular weight is 410 g/mol. The molecule has 1 aliphatic rings.